The predicted octanol–water partition coefficient (Wildman–Crippen LogP) is 3.95. The number of hydrogen-bond donors (Lipinski definition) is 0. The lowest BCUT2D eigenvalue weighted by Gasteiger charge is -2.30. The Balaban J connectivity index is 1.88. The van der Waals surface area contributed by atoms with Crippen molar-refractivity contribution in [1.82, 2.24) is 9.88 Å². The van der Waals surface area contributed by atoms with Gasteiger partial charge in [0, 0.05) is 24.7 Å². The summed E-state index contributed by atoms with van der Waals surface area (Å²) in [5, 5.41) is 0.449. The van der Waals surface area contributed by atoms with Crippen molar-refractivity contribution in [1.29, 1.82) is 0 Å². The maximum atomic E-state index is 13.7. The van der Waals surface area contributed by atoms with E-state index >= 15 is 0 Å². The predicted molar refractivity (Wildman–Crippen MR) is 114 cm³/mol. The SMILES string of the molecule is COc1ccc(S(=O)(=O)c2c(C(=O)N3CCC(C)CC3)cnc3ccccc23)cc1. The van der Waals surface area contributed by atoms with Crippen molar-refractivity contribution < 1.29 is 17.9 Å². The smallest absolute Gasteiger partial charge is 0.256 e. The highest BCUT2D eigenvalue weighted by Crippen LogP contribution is 2.32. The molecule has 1 fully saturated rings. The number of ether oxygens (including phenoxy) is 1. The number of para-hydroxylation sites is 1. The number of rotatable bonds is 4. The number of pyridine rings is 1. The minimum atomic E-state index is -3.96. The van der Waals surface area contributed by atoms with Gasteiger partial charge in [-0.05, 0) is 49.1 Å². The summed E-state index contributed by atoms with van der Waals surface area (Å²) in [6.07, 6.45) is 3.22. The first-order valence-corrected chi connectivity index (χ1v) is 11.5. The van der Waals surface area contributed by atoms with Crippen molar-refractivity contribution in [2.45, 2.75) is 29.6 Å². The number of piperidine rings is 1. The number of amides is 1. The molecule has 0 saturated carbocycles. The van der Waals surface area contributed by atoms with Gasteiger partial charge in [0.05, 0.1) is 28.0 Å². The minimum Gasteiger partial charge on any atom is -0.497 e. The largest absolute Gasteiger partial charge is 0.497 e. The van der Waals surface area contributed by atoms with Gasteiger partial charge in [-0.15, -0.1) is 0 Å². The highest BCUT2D eigenvalue weighted by molar-refractivity contribution is 7.91. The number of benzene rings is 2. The molecule has 2 heterocycles. The lowest BCUT2D eigenvalue weighted by Crippen LogP contribution is -2.38. The Morgan fingerprint density at radius 3 is 2.40 bits per heavy atom. The summed E-state index contributed by atoms with van der Waals surface area (Å²) in [4.78, 5) is 19.6. The van der Waals surface area contributed by atoms with Crippen molar-refractivity contribution in [2.24, 2.45) is 5.92 Å². The molecule has 0 radical (unpaired) electrons. The number of fused-ring (bicyclic) bond motifs is 1. The first-order valence-electron chi connectivity index (χ1n) is 9.98. The molecule has 0 spiro atoms. The molecule has 1 aliphatic rings. The molecule has 6 nitrogen and oxygen atoms in total. The van der Waals surface area contributed by atoms with E-state index < -0.39 is 9.84 Å². The van der Waals surface area contributed by atoms with Crippen LogP contribution >= 0.6 is 0 Å². The fourth-order valence-electron chi connectivity index (χ4n) is 3.81. The van der Waals surface area contributed by atoms with Crippen LogP contribution in [0, 0.1) is 5.92 Å². The molecule has 0 bridgehead atoms. The second kappa shape index (κ2) is 8.07. The fraction of sp³-hybridized carbons (Fsp3) is 0.304. The molecule has 0 unspecified atom stereocenters. The molecule has 30 heavy (non-hydrogen) atoms. The van der Waals surface area contributed by atoms with Gasteiger partial charge in [-0.3, -0.25) is 9.78 Å². The Kier molecular flexibility index (Phi) is 5.47. The maximum Gasteiger partial charge on any atom is 0.256 e. The topological polar surface area (TPSA) is 76.6 Å². The van der Waals surface area contributed by atoms with E-state index in [9.17, 15) is 13.2 Å². The Labute approximate surface area is 176 Å². The number of aromatic nitrogens is 1. The molecule has 1 aliphatic heterocycles. The molecule has 1 amide bonds. The normalized spacial score (nSPS) is 15.3. The number of methoxy groups -OCH3 is 1. The third-order valence-electron chi connectivity index (χ3n) is 5.67. The number of hydrogen-bond acceptors (Lipinski definition) is 5. The highest BCUT2D eigenvalue weighted by Gasteiger charge is 2.31. The van der Waals surface area contributed by atoms with Gasteiger partial charge in [0.2, 0.25) is 9.84 Å². The Bertz CT molecular complexity index is 1180. The van der Waals surface area contributed by atoms with Crippen LogP contribution in [0.15, 0.2) is 64.5 Å². The lowest BCUT2D eigenvalue weighted by molar-refractivity contribution is 0.0693. The van der Waals surface area contributed by atoms with Crippen LogP contribution in [0.25, 0.3) is 10.9 Å². The summed E-state index contributed by atoms with van der Waals surface area (Å²) in [6, 6.07) is 13.2. The van der Waals surface area contributed by atoms with Crippen molar-refractivity contribution >= 4 is 26.6 Å². The van der Waals surface area contributed by atoms with E-state index in [1.807, 2.05) is 0 Å². The molecule has 0 aliphatic carbocycles. The number of carbonyl (C=O) groups is 1. The summed E-state index contributed by atoms with van der Waals surface area (Å²) < 4.78 is 32.5. The summed E-state index contributed by atoms with van der Waals surface area (Å²) >= 11 is 0. The molecule has 1 aromatic heterocycles. The van der Waals surface area contributed by atoms with Gasteiger partial charge in [-0.2, -0.15) is 0 Å². The van der Waals surface area contributed by atoms with Crippen LogP contribution in [-0.2, 0) is 9.84 Å². The molecular weight excluding hydrogens is 400 g/mol. The molecule has 2 aromatic carbocycles. The molecule has 7 heteroatoms. The Morgan fingerprint density at radius 2 is 1.73 bits per heavy atom. The first-order chi connectivity index (χ1) is 14.4. The lowest BCUT2D eigenvalue weighted by atomic mass is 9.98. The van der Waals surface area contributed by atoms with Crippen LogP contribution in [0.5, 0.6) is 5.75 Å². The van der Waals surface area contributed by atoms with Gasteiger partial charge in [-0.1, -0.05) is 25.1 Å². The molecule has 4 rings (SSSR count). The molecular formula is C23H24N2O4S. The van der Waals surface area contributed by atoms with Gasteiger partial charge in [0.1, 0.15) is 5.75 Å². The van der Waals surface area contributed by atoms with E-state index in [4.69, 9.17) is 4.74 Å². The minimum absolute atomic E-state index is 0.0156. The first kappa shape index (κ1) is 20.3. The van der Waals surface area contributed by atoms with E-state index in [0.29, 0.717) is 35.7 Å². The van der Waals surface area contributed by atoms with Gasteiger partial charge in [-0.25, -0.2) is 8.42 Å². The van der Waals surface area contributed by atoms with Gasteiger partial charge in [0.15, 0.2) is 0 Å². The summed E-state index contributed by atoms with van der Waals surface area (Å²) in [5.41, 5.74) is 0.660. The van der Waals surface area contributed by atoms with Crippen LogP contribution in [0.3, 0.4) is 0 Å². The van der Waals surface area contributed by atoms with E-state index in [0.717, 1.165) is 12.8 Å². The monoisotopic (exact) mass is 424 g/mol. The second-order valence-corrected chi connectivity index (χ2v) is 9.56. The molecule has 1 saturated heterocycles. The highest BCUT2D eigenvalue weighted by atomic mass is 32.2. The summed E-state index contributed by atoms with van der Waals surface area (Å²) in [5.74, 6) is 0.839. The van der Waals surface area contributed by atoms with Gasteiger partial charge >= 0.3 is 0 Å². The van der Waals surface area contributed by atoms with Crippen molar-refractivity contribution in [3.63, 3.8) is 0 Å². The van der Waals surface area contributed by atoms with E-state index in [2.05, 4.69) is 11.9 Å². The number of carbonyl (C=O) groups excluding carboxylic acids is 1. The quantitative estimate of drug-likeness (QED) is 0.634. The Hall–Kier alpha value is -2.93. The molecule has 156 valence electrons. The average Bonchev–Trinajstić information content (AvgIpc) is 2.78. The molecule has 0 N–H and O–H groups in total. The van der Waals surface area contributed by atoms with Crippen molar-refractivity contribution in [3.8, 4) is 5.75 Å². The van der Waals surface area contributed by atoms with E-state index in [1.165, 1.54) is 25.4 Å². The third-order valence-corrected chi connectivity index (χ3v) is 7.54. The number of nitrogens with zero attached hydrogens (tertiary/aromatic N) is 2. The second-order valence-electron chi connectivity index (χ2n) is 7.67. The zero-order valence-electron chi connectivity index (χ0n) is 17.0. The van der Waals surface area contributed by atoms with Crippen molar-refractivity contribution in [2.75, 3.05) is 20.2 Å². The maximum absolute atomic E-state index is 13.7. The van der Waals surface area contributed by atoms with E-state index in [-0.39, 0.29) is 21.3 Å². The summed E-state index contributed by atoms with van der Waals surface area (Å²) in [6.45, 7) is 3.41. The van der Waals surface area contributed by atoms with E-state index in [1.54, 1.807) is 41.3 Å². The standard InChI is InChI=1S/C23H24N2O4S/c1-16-11-13-25(14-12-16)23(26)20-15-24-21-6-4-3-5-19(21)22(20)30(27,28)18-9-7-17(29-2)8-10-18/h3-10,15-16H,11-14H2,1-2H3. The number of likely N-dealkylation sites (tertiary alicyclic amines) is 1. The molecule has 0 atom stereocenters. The molecule has 3 aromatic rings. The summed E-state index contributed by atoms with van der Waals surface area (Å²) in [7, 11) is -2.43. The van der Waals surface area contributed by atoms with Gasteiger partial charge < -0.3 is 9.64 Å². The average molecular weight is 425 g/mol. The van der Waals surface area contributed by atoms with Crippen LogP contribution in [0.4, 0.5) is 0 Å². The van der Waals surface area contributed by atoms with Crippen LogP contribution in [0.2, 0.25) is 0 Å². The Morgan fingerprint density at radius 1 is 1.07 bits per heavy atom. The van der Waals surface area contributed by atoms with Gasteiger partial charge in [0.25, 0.3) is 5.91 Å². The third kappa shape index (κ3) is 3.65. The zero-order chi connectivity index (χ0) is 21.3. The van der Waals surface area contributed by atoms with Crippen LogP contribution < -0.4 is 4.74 Å². The van der Waals surface area contributed by atoms with Crippen LogP contribution in [0.1, 0.15) is 30.1 Å². The van der Waals surface area contributed by atoms with Crippen molar-refractivity contribution in [3.05, 3.63) is 60.3 Å². The fourth-order valence-corrected chi connectivity index (χ4v) is 5.43. The van der Waals surface area contributed by atoms with Crippen LogP contribution in [-0.4, -0.2) is 44.4 Å². The zero-order valence-corrected chi connectivity index (χ0v) is 17.9. The number of sulfone groups is 1.